The number of carbonyl (C=O) groups excluding carboxylic acids is 13. The molecule has 0 radical (unpaired) electrons. The Morgan fingerprint density at radius 1 is 0.442 bits per heavy atom. The number of aromatic amines is 2. The summed E-state index contributed by atoms with van der Waals surface area (Å²) in [7, 11) is 3.68. The highest BCUT2D eigenvalue weighted by Gasteiger charge is 2.56. The van der Waals surface area contributed by atoms with Gasteiger partial charge < -0.3 is 97.4 Å². The van der Waals surface area contributed by atoms with Crippen LogP contribution < -0.4 is 53.6 Å². The van der Waals surface area contributed by atoms with E-state index in [4.69, 9.17) is 10.8 Å². The smallest absolute Gasteiger partial charge is 0.416 e. The number of fused-ring (bicyclic) bond motifs is 10. The van der Waals surface area contributed by atoms with E-state index in [0.29, 0.717) is 107 Å². The molecule has 6 aliphatic heterocycles. The number of alkyl halides is 6. The van der Waals surface area contributed by atoms with E-state index >= 15 is 9.59 Å². The largest absolute Gasteiger partial charge is 0.481 e. The molecule has 14 atom stereocenters. The van der Waals surface area contributed by atoms with Gasteiger partial charge >= 0.3 is 18.3 Å². The Hall–Kier alpha value is -13.5. The third-order valence-corrected chi connectivity index (χ3v) is 31.1. The van der Waals surface area contributed by atoms with Crippen molar-refractivity contribution in [1.82, 2.24) is 96.5 Å². The maximum Gasteiger partial charge on any atom is 0.416 e. The number of hydrogen-bond donors (Lipinski definition) is 13. The molecule has 6 saturated heterocycles. The number of imidazole rings is 2. The Bertz CT molecular complexity index is 6070. The number of nitrogens with one attached hydrogen (secondary N) is 11. The zero-order valence-electron chi connectivity index (χ0n) is 81.3. The van der Waals surface area contributed by atoms with Crippen molar-refractivity contribution in [3.05, 3.63) is 179 Å². The van der Waals surface area contributed by atoms with Crippen molar-refractivity contribution in [2.75, 3.05) is 26.2 Å². The number of nitrogens with zero attached hydrogens (tertiary/aromatic N) is 8. The van der Waals surface area contributed by atoms with Gasteiger partial charge in [-0.1, -0.05) is 127 Å². The van der Waals surface area contributed by atoms with Gasteiger partial charge in [-0.2, -0.15) is 26.3 Å². The van der Waals surface area contributed by atoms with Gasteiger partial charge in [-0.3, -0.25) is 67.1 Å². The van der Waals surface area contributed by atoms with E-state index < -0.39 is 166 Å². The van der Waals surface area contributed by atoms with Crippen molar-refractivity contribution in [3.8, 4) is 0 Å². The number of carbonyl (C=O) groups is 14. The number of H-pyrrole nitrogens is 2. The van der Waals surface area contributed by atoms with Gasteiger partial charge in [0.25, 0.3) is 0 Å². The molecule has 4 aliphatic carbocycles. The van der Waals surface area contributed by atoms with Crippen LogP contribution in [0.25, 0.3) is 21.8 Å². The number of amides is 13. The molecule has 4 aromatic heterocycles. The first-order valence-corrected chi connectivity index (χ1v) is 50.8. The van der Waals surface area contributed by atoms with Crippen LogP contribution in [0.1, 0.15) is 227 Å². The molecule has 792 valence electrons. The summed E-state index contributed by atoms with van der Waals surface area (Å²) in [5.41, 5.74) is 6.67. The molecule has 14 N–H and O–H groups in total. The molecule has 10 fully saturated rings. The van der Waals surface area contributed by atoms with Crippen LogP contribution in [0.3, 0.4) is 0 Å². The minimum Gasteiger partial charge on any atom is -0.481 e. The Morgan fingerprint density at radius 3 is 1.22 bits per heavy atom. The molecule has 41 heteroatoms. The summed E-state index contributed by atoms with van der Waals surface area (Å²) in [4.78, 5) is 222. The summed E-state index contributed by atoms with van der Waals surface area (Å²) in [6.07, 6.45) is 13.4. The van der Waals surface area contributed by atoms with Gasteiger partial charge in [-0.05, 0) is 193 Å². The maximum atomic E-state index is 15.2. The Balaban J connectivity index is 0.000000209. The van der Waals surface area contributed by atoms with Crippen LogP contribution in [0.4, 0.5) is 26.3 Å². The van der Waals surface area contributed by atoms with Crippen LogP contribution in [-0.2, 0) is 132 Å². The predicted octanol–water partition coefficient (Wildman–Crippen LogP) is 8.97. The Labute approximate surface area is 848 Å². The molecule has 4 aromatic carbocycles. The molecule has 13 amide bonds. The number of halogens is 6. The number of carboxylic acid groups (broad SMARTS) is 1. The molecular weight excluding hydrogens is 1910 g/mol. The van der Waals surface area contributed by atoms with E-state index in [2.05, 4.69) is 67.8 Å². The summed E-state index contributed by atoms with van der Waals surface area (Å²) in [6, 6.07) is 11.4. The lowest BCUT2D eigenvalue weighted by Crippen LogP contribution is -2.65. The Kier molecular flexibility index (Phi) is 35.3. The lowest BCUT2D eigenvalue weighted by Gasteiger charge is -2.38. The monoisotopic (exact) mass is 2040 g/mol. The minimum atomic E-state index is -4.61. The molecule has 10 aliphatic rings. The molecule has 0 unspecified atom stereocenters. The average molecular weight is 2040 g/mol. The molecule has 35 nitrogen and oxygen atoms in total. The van der Waals surface area contributed by atoms with Crippen LogP contribution >= 0.6 is 0 Å². The van der Waals surface area contributed by atoms with Gasteiger partial charge in [-0.25, -0.2) is 9.97 Å². The molecule has 147 heavy (non-hydrogen) atoms. The van der Waals surface area contributed by atoms with Crippen molar-refractivity contribution in [2.45, 2.75) is 316 Å². The van der Waals surface area contributed by atoms with Crippen molar-refractivity contribution in [3.63, 3.8) is 0 Å². The molecule has 8 aromatic rings. The maximum absolute atomic E-state index is 15.2. The standard InChI is InChI=1S/C52H63F3N10O7.C45H55F3N8O6.C7H10N2O2.2CH4/c1-63-30-56-29-35(63)18-19-44(66)57-23-20-38-48(70)64-24-8-13-42(64)49(71)65-41-12-5-2-9-32(41)27-43(65)47(69)60-39(25-31-14-16-34(17-15-31)52(53,54)55)46(68)62-51(21-6-7-22-51)50(72)61-40(45(67)59-38)26-33-28-58-37-11-4-3-10-36(33)37;46-45(47,48)29-15-13-26(14-16-29)22-33-39(58)54-44(18-5-6-19-44)43(62)53-34(23-28-25-50-31-10-3-2-9-30(28)31)38(57)51-32(17-20-49)41(60)55-21-7-12-36(55)42(61)56-35-11-4-1-8-27(35)24-37(56)40(59)52-33;1-9-5-8-4-6(9)2-3-7(10)11;;/h3-4,10-11,14-17,28-30,32,38-43,58H,2,5-9,12-13,18-27H2,1H3,(H,57,66)(H,59,67)(H,60,69)(H,61,72)(H,62,68);2-3,9-10,13-16,25,27,32-37,50H,1,4-8,11-12,17-24,49H2,(H,51,57)(H,52,59)(H,53,62)(H,54,58);4-5H,2-3H2,1H3,(H,10,11);2*1H4/t32-,38-,39-,40-,41-,42+,43-;27-,32-,33-,34-,35-,36+,37-;;;/m00.../s1. The second-order valence-electron chi connectivity index (χ2n) is 40.5. The van der Waals surface area contributed by atoms with Gasteiger partial charge in [0.15, 0.2) is 0 Å². The number of benzene rings is 4. The summed E-state index contributed by atoms with van der Waals surface area (Å²) >= 11 is 0. The first-order chi connectivity index (χ1) is 69.5. The van der Waals surface area contributed by atoms with Gasteiger partial charge in [0.1, 0.15) is 71.5 Å². The van der Waals surface area contributed by atoms with E-state index in [1.165, 1.54) is 34.1 Å². The third-order valence-electron chi connectivity index (χ3n) is 31.1. The molecule has 2 spiro atoms. The highest BCUT2D eigenvalue weighted by molar-refractivity contribution is 6.03. The van der Waals surface area contributed by atoms with Crippen LogP contribution in [-0.4, -0.2) is 246 Å². The number of aliphatic carboxylic acids is 1. The van der Waals surface area contributed by atoms with E-state index in [1.54, 1.807) is 47.2 Å². The van der Waals surface area contributed by atoms with Crippen LogP contribution in [0, 0.1) is 11.8 Å². The molecule has 10 heterocycles. The lowest BCUT2D eigenvalue weighted by molar-refractivity contribution is -0.150. The normalized spacial score (nSPS) is 25.7. The number of aromatic nitrogens is 6. The van der Waals surface area contributed by atoms with Gasteiger partial charge in [0.05, 0.1) is 30.2 Å². The molecule has 18 rings (SSSR count). The summed E-state index contributed by atoms with van der Waals surface area (Å²) in [6.45, 7) is 0.473. The number of para-hydroxylation sites is 2. The average Bonchev–Trinajstić information content (AvgIpc) is 1.62. The lowest BCUT2D eigenvalue weighted by atomic mass is 9.84. The fourth-order valence-corrected chi connectivity index (χ4v) is 23.3. The topological polar surface area (TPSA) is 474 Å². The van der Waals surface area contributed by atoms with Crippen LogP contribution in [0.5, 0.6) is 0 Å². The SMILES string of the molecule is C.C.Cn1cncc1CCC(=O)NCC[C@@H]1NC(=O)[C@H](Cc2c[nH]c3ccccc23)NC(=O)C2(CCCC2)NC(=O)[C@H](Cc2ccc(C(F)(F)F)cc2)NC(=O)[C@@H]2C[C@@H]3CCCC[C@@H]3N2C(=O)[C@H]2CCCN2C1=O.Cn1cncc1CCC(=O)O.NCC[C@@H]1NC(=O)[C@H](Cc2c[nH]c3ccccc23)NC(=O)C2(CCCC2)NC(=O)[C@H](Cc2ccc(C(F)(F)F)cc2)NC(=O)[C@@H]2C[C@@H]3CCCC[C@@H]3N2C(=O)[C@H]2CCCN2C1=O. The second kappa shape index (κ2) is 47.6. The van der Waals surface area contributed by atoms with Crippen molar-refractivity contribution in [1.29, 1.82) is 0 Å². The fourth-order valence-electron chi connectivity index (χ4n) is 23.3. The zero-order chi connectivity index (χ0) is 103. The summed E-state index contributed by atoms with van der Waals surface area (Å²) in [5.74, 6) is -8.18. The minimum absolute atomic E-state index is 0. The zero-order valence-corrected chi connectivity index (χ0v) is 81.3. The number of hydrogen-bond acceptors (Lipinski definition) is 17. The van der Waals surface area contributed by atoms with E-state index in [-0.39, 0.29) is 154 Å². The molecule has 4 saturated carbocycles. The van der Waals surface area contributed by atoms with Crippen molar-refractivity contribution in [2.24, 2.45) is 31.7 Å². The van der Waals surface area contributed by atoms with E-state index in [0.717, 1.165) is 102 Å². The van der Waals surface area contributed by atoms with Crippen molar-refractivity contribution < 1.29 is 98.6 Å². The van der Waals surface area contributed by atoms with Crippen LogP contribution in [0.15, 0.2) is 135 Å². The quantitative estimate of drug-likeness (QED) is 0.0336. The summed E-state index contributed by atoms with van der Waals surface area (Å²) < 4.78 is 85.2. The highest BCUT2D eigenvalue weighted by atomic mass is 19.4. The third kappa shape index (κ3) is 25.2. The highest BCUT2D eigenvalue weighted by Crippen LogP contribution is 2.45. The van der Waals surface area contributed by atoms with E-state index in [9.17, 15) is 83.9 Å². The number of aryl methyl sites for hydroxylation is 4. The fraction of sp³-hybridized carbons (Fsp3) is 0.547. The first kappa shape index (κ1) is 109. The van der Waals surface area contributed by atoms with Crippen molar-refractivity contribution >= 4 is 105 Å². The van der Waals surface area contributed by atoms with Gasteiger partial charge in [-0.15, -0.1) is 0 Å². The number of carboxylic acids is 1. The number of nitrogens with two attached hydrogens (primary N) is 1. The first-order valence-electron chi connectivity index (χ1n) is 50.8. The predicted molar refractivity (Wildman–Crippen MR) is 531 cm³/mol. The second-order valence-corrected chi connectivity index (χ2v) is 40.5. The van der Waals surface area contributed by atoms with E-state index in [1.807, 2.05) is 71.8 Å². The summed E-state index contributed by atoms with van der Waals surface area (Å²) in [5, 5.41) is 36.2. The van der Waals surface area contributed by atoms with Crippen LogP contribution in [0.2, 0.25) is 0 Å². The van der Waals surface area contributed by atoms with Gasteiger partial charge in [0.2, 0.25) is 76.8 Å². The Morgan fingerprint density at radius 2 is 0.830 bits per heavy atom. The molecular formula is C106H136F6N20O15. The molecule has 0 bridgehead atoms. The van der Waals surface area contributed by atoms with Gasteiger partial charge in [0, 0.05) is 136 Å². The number of rotatable bonds is 19.